The summed E-state index contributed by atoms with van der Waals surface area (Å²) in [5.41, 5.74) is 0. The van der Waals surface area contributed by atoms with Gasteiger partial charge in [-0.2, -0.15) is 4.31 Å². The van der Waals surface area contributed by atoms with Gasteiger partial charge in [-0.1, -0.05) is 6.07 Å². The summed E-state index contributed by atoms with van der Waals surface area (Å²) in [7, 11) is -7.34. The Morgan fingerprint density at radius 3 is 2.43 bits per heavy atom. The van der Waals surface area contributed by atoms with Crippen LogP contribution in [0.25, 0.3) is 0 Å². The van der Waals surface area contributed by atoms with Gasteiger partial charge in [0.1, 0.15) is 0 Å². The van der Waals surface area contributed by atoms with Crippen molar-refractivity contribution in [3.63, 3.8) is 0 Å². The summed E-state index contributed by atoms with van der Waals surface area (Å²) in [5, 5.41) is 3.09. The maximum atomic E-state index is 12.6. The molecule has 0 aromatic heterocycles. The van der Waals surface area contributed by atoms with Crippen LogP contribution in [0.1, 0.15) is 19.3 Å². The van der Waals surface area contributed by atoms with E-state index in [0.29, 0.717) is 19.6 Å². The molecule has 2 fully saturated rings. The van der Waals surface area contributed by atoms with Gasteiger partial charge in [0.05, 0.1) is 9.79 Å². The Kier molecular flexibility index (Phi) is 4.75. The van der Waals surface area contributed by atoms with Gasteiger partial charge in [0.2, 0.25) is 20.0 Å². The SMILES string of the molecule is O=S(=O)(NC1CCNC1)c1cccc(S(=O)(=O)N2CCCC2)c1. The lowest BCUT2D eigenvalue weighted by Gasteiger charge is -2.17. The van der Waals surface area contributed by atoms with E-state index in [4.69, 9.17) is 0 Å². The second kappa shape index (κ2) is 6.48. The molecule has 1 atom stereocenters. The number of benzene rings is 1. The number of nitrogens with zero attached hydrogens (tertiary/aromatic N) is 1. The molecule has 0 bridgehead atoms. The molecular formula is C14H21N3O4S2. The van der Waals surface area contributed by atoms with Gasteiger partial charge >= 0.3 is 0 Å². The monoisotopic (exact) mass is 359 g/mol. The molecule has 9 heteroatoms. The van der Waals surface area contributed by atoms with E-state index in [1.807, 2.05) is 0 Å². The van der Waals surface area contributed by atoms with Crippen LogP contribution in [0.5, 0.6) is 0 Å². The van der Waals surface area contributed by atoms with E-state index in [-0.39, 0.29) is 15.8 Å². The third-order valence-corrected chi connectivity index (χ3v) is 7.61. The first-order valence-electron chi connectivity index (χ1n) is 7.73. The summed E-state index contributed by atoms with van der Waals surface area (Å²) in [6.45, 7) is 2.35. The molecular weight excluding hydrogens is 338 g/mol. The normalized spacial score (nSPS) is 23.4. The maximum Gasteiger partial charge on any atom is 0.243 e. The van der Waals surface area contributed by atoms with Crippen LogP contribution in [0.2, 0.25) is 0 Å². The molecule has 2 N–H and O–H groups in total. The lowest BCUT2D eigenvalue weighted by atomic mass is 10.3. The van der Waals surface area contributed by atoms with E-state index in [1.165, 1.54) is 28.6 Å². The lowest BCUT2D eigenvalue weighted by molar-refractivity contribution is 0.477. The lowest BCUT2D eigenvalue weighted by Crippen LogP contribution is -2.36. The van der Waals surface area contributed by atoms with Gasteiger partial charge in [-0.05, 0) is 44.0 Å². The number of hydrogen-bond donors (Lipinski definition) is 2. The summed E-state index contributed by atoms with van der Waals surface area (Å²) in [5.74, 6) is 0. The average molecular weight is 359 g/mol. The Morgan fingerprint density at radius 2 is 1.78 bits per heavy atom. The highest BCUT2D eigenvalue weighted by molar-refractivity contribution is 7.90. The number of rotatable bonds is 5. The van der Waals surface area contributed by atoms with Crippen LogP contribution in [0.3, 0.4) is 0 Å². The molecule has 1 unspecified atom stereocenters. The Balaban J connectivity index is 1.87. The van der Waals surface area contributed by atoms with Gasteiger partial charge in [0.25, 0.3) is 0 Å². The van der Waals surface area contributed by atoms with E-state index in [2.05, 4.69) is 10.0 Å². The molecule has 2 aliphatic heterocycles. The topological polar surface area (TPSA) is 95.6 Å². The minimum Gasteiger partial charge on any atom is -0.315 e. The zero-order valence-electron chi connectivity index (χ0n) is 12.7. The van der Waals surface area contributed by atoms with E-state index in [9.17, 15) is 16.8 Å². The zero-order valence-corrected chi connectivity index (χ0v) is 14.4. The molecule has 0 spiro atoms. The molecule has 1 aromatic carbocycles. The third kappa shape index (κ3) is 3.58. The fourth-order valence-corrected chi connectivity index (χ4v) is 5.88. The molecule has 0 radical (unpaired) electrons. The van der Waals surface area contributed by atoms with Gasteiger partial charge < -0.3 is 5.32 Å². The van der Waals surface area contributed by atoms with E-state index >= 15 is 0 Å². The second-order valence-electron chi connectivity index (χ2n) is 5.90. The predicted molar refractivity (Wildman–Crippen MR) is 86.0 cm³/mol. The average Bonchev–Trinajstić information content (AvgIpc) is 3.20. The van der Waals surface area contributed by atoms with Crippen LogP contribution in [0, 0.1) is 0 Å². The minimum atomic E-state index is -3.72. The van der Waals surface area contributed by atoms with E-state index in [1.54, 1.807) is 0 Å². The first-order chi connectivity index (χ1) is 10.9. The van der Waals surface area contributed by atoms with Crippen molar-refractivity contribution in [3.8, 4) is 0 Å². The molecule has 2 heterocycles. The molecule has 0 saturated carbocycles. The molecule has 2 aliphatic rings. The standard InChI is InChI=1S/C14H21N3O4S2/c18-22(19,16-12-6-7-15-11-12)13-4-3-5-14(10-13)23(20,21)17-8-1-2-9-17/h3-5,10,12,15-16H,1-2,6-9,11H2. The summed E-state index contributed by atoms with van der Waals surface area (Å²) >= 11 is 0. The highest BCUT2D eigenvalue weighted by Gasteiger charge is 2.29. The fourth-order valence-electron chi connectivity index (χ4n) is 2.92. The van der Waals surface area contributed by atoms with Crippen LogP contribution in [0.4, 0.5) is 0 Å². The smallest absolute Gasteiger partial charge is 0.243 e. The molecule has 0 aliphatic carbocycles. The summed E-state index contributed by atoms with van der Waals surface area (Å²) < 4.78 is 54.0. The highest BCUT2D eigenvalue weighted by Crippen LogP contribution is 2.23. The third-order valence-electron chi connectivity index (χ3n) is 4.20. The number of hydrogen-bond acceptors (Lipinski definition) is 5. The van der Waals surface area contributed by atoms with E-state index < -0.39 is 20.0 Å². The molecule has 3 rings (SSSR count). The zero-order chi connectivity index (χ0) is 16.5. The first-order valence-corrected chi connectivity index (χ1v) is 10.7. The van der Waals surface area contributed by atoms with Crippen LogP contribution in [-0.2, 0) is 20.0 Å². The maximum absolute atomic E-state index is 12.6. The van der Waals surface area contributed by atoms with Crippen LogP contribution < -0.4 is 10.0 Å². The molecule has 7 nitrogen and oxygen atoms in total. The molecule has 1 aromatic rings. The van der Waals surface area contributed by atoms with Crippen LogP contribution >= 0.6 is 0 Å². The van der Waals surface area contributed by atoms with Gasteiger partial charge in [-0.15, -0.1) is 0 Å². The summed E-state index contributed by atoms with van der Waals surface area (Å²) in [6, 6.07) is 5.44. The Morgan fingerprint density at radius 1 is 1.09 bits per heavy atom. The molecule has 128 valence electrons. The van der Waals surface area contributed by atoms with Crippen molar-refractivity contribution in [1.82, 2.24) is 14.3 Å². The molecule has 0 amide bonds. The molecule has 23 heavy (non-hydrogen) atoms. The largest absolute Gasteiger partial charge is 0.315 e. The van der Waals surface area contributed by atoms with Gasteiger partial charge in [-0.25, -0.2) is 21.6 Å². The van der Waals surface area contributed by atoms with Crippen LogP contribution in [-0.4, -0.2) is 53.4 Å². The number of sulfonamides is 2. The van der Waals surface area contributed by atoms with Crippen LogP contribution in [0.15, 0.2) is 34.1 Å². The Labute approximate surface area is 137 Å². The van der Waals surface area contributed by atoms with Crippen molar-refractivity contribution in [3.05, 3.63) is 24.3 Å². The highest BCUT2D eigenvalue weighted by atomic mass is 32.2. The minimum absolute atomic E-state index is 0.00956. The van der Waals surface area contributed by atoms with Crippen molar-refractivity contribution in [2.75, 3.05) is 26.2 Å². The predicted octanol–water partition coefficient (Wildman–Crippen LogP) is 0.111. The van der Waals surface area contributed by atoms with Crippen molar-refractivity contribution in [1.29, 1.82) is 0 Å². The fraction of sp³-hybridized carbons (Fsp3) is 0.571. The first kappa shape index (κ1) is 16.8. The van der Waals surface area contributed by atoms with Crippen molar-refractivity contribution in [2.24, 2.45) is 0 Å². The quantitative estimate of drug-likeness (QED) is 0.778. The summed E-state index contributed by atoms with van der Waals surface area (Å²) in [4.78, 5) is 0.0245. The van der Waals surface area contributed by atoms with Gasteiger partial charge in [0.15, 0.2) is 0 Å². The van der Waals surface area contributed by atoms with Crippen molar-refractivity contribution >= 4 is 20.0 Å². The summed E-state index contributed by atoms with van der Waals surface area (Å²) in [6.07, 6.45) is 2.41. The Hall–Kier alpha value is -1.00. The van der Waals surface area contributed by atoms with Gasteiger partial charge in [0, 0.05) is 25.7 Å². The second-order valence-corrected chi connectivity index (χ2v) is 9.55. The Bertz CT molecular complexity index is 765. The van der Waals surface area contributed by atoms with Crippen molar-refractivity contribution in [2.45, 2.75) is 35.1 Å². The van der Waals surface area contributed by atoms with Gasteiger partial charge in [-0.3, -0.25) is 0 Å². The van der Waals surface area contributed by atoms with Crippen molar-refractivity contribution < 1.29 is 16.8 Å². The van der Waals surface area contributed by atoms with E-state index in [0.717, 1.165) is 25.8 Å². The number of nitrogens with one attached hydrogen (secondary N) is 2. The molecule has 2 saturated heterocycles.